The van der Waals surface area contributed by atoms with Crippen molar-refractivity contribution in [1.29, 1.82) is 0 Å². The maximum atomic E-state index is 11.6. The summed E-state index contributed by atoms with van der Waals surface area (Å²) in [5, 5.41) is 6.11. The second-order valence-corrected chi connectivity index (χ2v) is 3.85. The molecule has 4 nitrogen and oxygen atoms in total. The second kappa shape index (κ2) is 4.89. The van der Waals surface area contributed by atoms with Crippen molar-refractivity contribution >= 4 is 11.6 Å². The summed E-state index contributed by atoms with van der Waals surface area (Å²) in [7, 11) is 0. The third-order valence-corrected chi connectivity index (χ3v) is 2.60. The summed E-state index contributed by atoms with van der Waals surface area (Å²) in [6.07, 6.45) is 5.05. The zero-order chi connectivity index (χ0) is 10.5. The van der Waals surface area contributed by atoms with Gasteiger partial charge in [-0.1, -0.05) is 0 Å². The van der Waals surface area contributed by atoms with Gasteiger partial charge in [-0.25, -0.2) is 0 Å². The van der Waals surface area contributed by atoms with Crippen LogP contribution in [0.2, 0.25) is 0 Å². The van der Waals surface area contributed by atoms with Crippen LogP contribution in [0.1, 0.15) is 12.8 Å². The van der Waals surface area contributed by atoms with Gasteiger partial charge in [-0.15, -0.1) is 0 Å². The maximum Gasteiger partial charge on any atom is 0.224 e. The predicted octanol–water partition coefficient (Wildman–Crippen LogP) is 1.02. The molecule has 0 saturated carbocycles. The number of hydrogen-bond acceptors (Lipinski definition) is 3. The molecule has 1 aromatic heterocycles. The Morgan fingerprint density at radius 3 is 3.00 bits per heavy atom. The van der Waals surface area contributed by atoms with Crippen molar-refractivity contribution in [3.8, 4) is 0 Å². The standard InChI is InChI=1S/C11H15N3O/c15-11(7-9-1-4-13-8-9)14-10-2-5-12-6-3-10/h2-3,5-6,9,13H,1,4,7-8H2,(H,12,14,15). The number of amides is 1. The molecular weight excluding hydrogens is 190 g/mol. The molecule has 1 aliphatic heterocycles. The summed E-state index contributed by atoms with van der Waals surface area (Å²) in [4.78, 5) is 15.5. The largest absolute Gasteiger partial charge is 0.326 e. The van der Waals surface area contributed by atoms with E-state index in [4.69, 9.17) is 0 Å². The Hall–Kier alpha value is -1.42. The summed E-state index contributed by atoms with van der Waals surface area (Å²) in [5.41, 5.74) is 0.820. The Labute approximate surface area is 89.1 Å². The summed E-state index contributed by atoms with van der Waals surface area (Å²) in [6.45, 7) is 2.00. The molecule has 2 heterocycles. The summed E-state index contributed by atoms with van der Waals surface area (Å²) in [6, 6.07) is 3.59. The minimum Gasteiger partial charge on any atom is -0.326 e. The zero-order valence-corrected chi connectivity index (χ0v) is 8.57. The van der Waals surface area contributed by atoms with E-state index in [0.717, 1.165) is 25.2 Å². The first kappa shape index (κ1) is 10.1. The molecule has 0 aromatic carbocycles. The van der Waals surface area contributed by atoms with Crippen molar-refractivity contribution in [3.05, 3.63) is 24.5 Å². The summed E-state index contributed by atoms with van der Waals surface area (Å²) in [5.74, 6) is 0.585. The Morgan fingerprint density at radius 1 is 1.53 bits per heavy atom. The predicted molar refractivity (Wildman–Crippen MR) is 58.5 cm³/mol. The average molecular weight is 205 g/mol. The molecule has 1 unspecified atom stereocenters. The van der Waals surface area contributed by atoms with Gasteiger partial charge in [0.25, 0.3) is 0 Å². The number of pyridine rings is 1. The fraction of sp³-hybridized carbons (Fsp3) is 0.455. The molecule has 4 heteroatoms. The molecule has 0 spiro atoms. The molecule has 1 aromatic rings. The number of rotatable bonds is 3. The van der Waals surface area contributed by atoms with Gasteiger partial charge in [-0.05, 0) is 37.6 Å². The van der Waals surface area contributed by atoms with Crippen molar-refractivity contribution in [3.63, 3.8) is 0 Å². The average Bonchev–Trinajstić information content (AvgIpc) is 2.71. The van der Waals surface area contributed by atoms with Crippen molar-refractivity contribution in [2.24, 2.45) is 5.92 Å². The maximum absolute atomic E-state index is 11.6. The van der Waals surface area contributed by atoms with Crippen molar-refractivity contribution in [2.45, 2.75) is 12.8 Å². The van der Waals surface area contributed by atoms with Gasteiger partial charge in [-0.2, -0.15) is 0 Å². The molecule has 0 bridgehead atoms. The van der Waals surface area contributed by atoms with Crippen LogP contribution in [0.3, 0.4) is 0 Å². The Morgan fingerprint density at radius 2 is 2.33 bits per heavy atom. The van der Waals surface area contributed by atoms with E-state index >= 15 is 0 Å². The van der Waals surface area contributed by atoms with Crippen LogP contribution in [-0.2, 0) is 4.79 Å². The van der Waals surface area contributed by atoms with Crippen LogP contribution in [0.4, 0.5) is 5.69 Å². The van der Waals surface area contributed by atoms with Gasteiger partial charge < -0.3 is 10.6 Å². The minimum absolute atomic E-state index is 0.0925. The zero-order valence-electron chi connectivity index (χ0n) is 8.57. The molecule has 0 radical (unpaired) electrons. The summed E-state index contributed by atoms with van der Waals surface area (Å²) >= 11 is 0. The number of hydrogen-bond donors (Lipinski definition) is 2. The van der Waals surface area contributed by atoms with E-state index in [1.54, 1.807) is 24.5 Å². The highest BCUT2D eigenvalue weighted by molar-refractivity contribution is 5.90. The lowest BCUT2D eigenvalue weighted by Crippen LogP contribution is -2.18. The van der Waals surface area contributed by atoms with Gasteiger partial charge in [0.1, 0.15) is 0 Å². The smallest absolute Gasteiger partial charge is 0.224 e. The Bertz CT molecular complexity index is 320. The van der Waals surface area contributed by atoms with Gasteiger partial charge in [0.15, 0.2) is 0 Å². The van der Waals surface area contributed by atoms with E-state index in [9.17, 15) is 4.79 Å². The highest BCUT2D eigenvalue weighted by Crippen LogP contribution is 2.13. The number of nitrogens with zero attached hydrogens (tertiary/aromatic N) is 1. The fourth-order valence-electron chi connectivity index (χ4n) is 1.80. The van der Waals surface area contributed by atoms with Crippen LogP contribution in [0.25, 0.3) is 0 Å². The minimum atomic E-state index is 0.0925. The van der Waals surface area contributed by atoms with Crippen LogP contribution < -0.4 is 10.6 Å². The molecule has 80 valence electrons. The highest BCUT2D eigenvalue weighted by Gasteiger charge is 2.17. The lowest BCUT2D eigenvalue weighted by atomic mass is 10.0. The lowest BCUT2D eigenvalue weighted by molar-refractivity contribution is -0.116. The molecule has 1 amide bonds. The van der Waals surface area contributed by atoms with Crippen molar-refractivity contribution in [1.82, 2.24) is 10.3 Å². The van der Waals surface area contributed by atoms with Crippen molar-refractivity contribution in [2.75, 3.05) is 18.4 Å². The molecule has 2 rings (SSSR count). The van der Waals surface area contributed by atoms with Crippen LogP contribution in [0.5, 0.6) is 0 Å². The molecule has 15 heavy (non-hydrogen) atoms. The quantitative estimate of drug-likeness (QED) is 0.774. The number of carbonyl (C=O) groups is 1. The van der Waals surface area contributed by atoms with E-state index in [2.05, 4.69) is 15.6 Å². The molecular formula is C11H15N3O. The van der Waals surface area contributed by atoms with E-state index < -0.39 is 0 Å². The molecule has 1 fully saturated rings. The van der Waals surface area contributed by atoms with E-state index in [1.807, 2.05) is 0 Å². The molecule has 0 aliphatic carbocycles. The molecule has 2 N–H and O–H groups in total. The van der Waals surface area contributed by atoms with Gasteiger partial charge in [0, 0.05) is 24.5 Å². The van der Waals surface area contributed by atoms with Crippen LogP contribution in [0, 0.1) is 5.92 Å². The monoisotopic (exact) mass is 205 g/mol. The molecule has 1 aliphatic rings. The van der Waals surface area contributed by atoms with Gasteiger partial charge in [0.05, 0.1) is 0 Å². The molecule has 1 atom stereocenters. The number of nitrogens with one attached hydrogen (secondary N) is 2. The van der Waals surface area contributed by atoms with Crippen LogP contribution in [-0.4, -0.2) is 24.0 Å². The normalized spacial score (nSPS) is 20.1. The third kappa shape index (κ3) is 3.02. The number of anilines is 1. The number of aromatic nitrogens is 1. The number of carbonyl (C=O) groups excluding carboxylic acids is 1. The molecule has 1 saturated heterocycles. The van der Waals surface area contributed by atoms with Gasteiger partial charge in [0.2, 0.25) is 5.91 Å². The second-order valence-electron chi connectivity index (χ2n) is 3.85. The first-order chi connectivity index (χ1) is 7.34. The topological polar surface area (TPSA) is 54.0 Å². The fourth-order valence-corrected chi connectivity index (χ4v) is 1.80. The SMILES string of the molecule is O=C(CC1CCNC1)Nc1ccncc1. The van der Waals surface area contributed by atoms with Crippen LogP contribution >= 0.6 is 0 Å². The Kier molecular flexibility index (Phi) is 3.29. The van der Waals surface area contributed by atoms with Gasteiger partial charge >= 0.3 is 0 Å². The highest BCUT2D eigenvalue weighted by atomic mass is 16.1. The van der Waals surface area contributed by atoms with E-state index in [-0.39, 0.29) is 5.91 Å². The first-order valence-electron chi connectivity index (χ1n) is 5.25. The van der Waals surface area contributed by atoms with Crippen molar-refractivity contribution < 1.29 is 4.79 Å². The van der Waals surface area contributed by atoms with Crippen LogP contribution in [0.15, 0.2) is 24.5 Å². The Balaban J connectivity index is 1.82. The van der Waals surface area contributed by atoms with E-state index in [0.29, 0.717) is 12.3 Å². The van der Waals surface area contributed by atoms with Gasteiger partial charge in [-0.3, -0.25) is 9.78 Å². The summed E-state index contributed by atoms with van der Waals surface area (Å²) < 4.78 is 0. The first-order valence-corrected chi connectivity index (χ1v) is 5.25. The lowest BCUT2D eigenvalue weighted by Gasteiger charge is -2.08. The van der Waals surface area contributed by atoms with E-state index in [1.165, 1.54) is 0 Å². The third-order valence-electron chi connectivity index (χ3n) is 2.60.